The average molecular weight is 337 g/mol. The largest absolute Gasteiger partial charge is 0.483 e. The van der Waals surface area contributed by atoms with Crippen LogP contribution in [0.4, 0.5) is 0 Å². The van der Waals surface area contributed by atoms with E-state index < -0.39 is 0 Å². The van der Waals surface area contributed by atoms with E-state index in [-0.39, 0.29) is 18.4 Å². The molecule has 2 heterocycles. The molecule has 0 aromatic carbocycles. The van der Waals surface area contributed by atoms with Crippen LogP contribution in [0.5, 0.6) is 0 Å². The summed E-state index contributed by atoms with van der Waals surface area (Å²) < 4.78 is 5.32. The molecule has 1 saturated heterocycles. The molecule has 2 N–H and O–H groups in total. The van der Waals surface area contributed by atoms with Crippen molar-refractivity contribution in [1.82, 2.24) is 15.2 Å². The minimum absolute atomic E-state index is 0.0869. The highest BCUT2D eigenvalue weighted by Crippen LogP contribution is 2.15. The molecular weight excluding hydrogens is 310 g/mol. The van der Waals surface area contributed by atoms with E-state index in [1.807, 2.05) is 12.1 Å². The normalized spacial score (nSPS) is 15.7. The molecule has 1 fully saturated rings. The average Bonchev–Trinajstić information content (AvgIpc) is 2.62. The second-order valence-corrected chi connectivity index (χ2v) is 5.47. The van der Waals surface area contributed by atoms with Crippen molar-refractivity contribution in [2.45, 2.75) is 32.2 Å². The third-order valence-electron chi connectivity index (χ3n) is 3.83. The number of aromatic nitrogens is 1. The van der Waals surface area contributed by atoms with Gasteiger partial charge in [-0.25, -0.2) is 0 Å². The molecule has 1 aliphatic heterocycles. The van der Waals surface area contributed by atoms with Gasteiger partial charge < -0.3 is 15.2 Å². The smallest absolute Gasteiger partial charge is 0.290 e. The summed E-state index contributed by atoms with van der Waals surface area (Å²) >= 11 is 0. The van der Waals surface area contributed by atoms with Gasteiger partial charge in [-0.15, -0.1) is 0 Å². The van der Waals surface area contributed by atoms with Crippen molar-refractivity contribution in [2.24, 2.45) is 0 Å². The second-order valence-electron chi connectivity index (χ2n) is 5.47. The Bertz CT molecular complexity index is 464. The van der Waals surface area contributed by atoms with Gasteiger partial charge in [0.05, 0.1) is 19.3 Å². The molecule has 1 atom stereocenters. The van der Waals surface area contributed by atoms with Crippen molar-refractivity contribution >= 4 is 12.4 Å². The van der Waals surface area contributed by atoms with Crippen LogP contribution in [0.25, 0.3) is 0 Å². The highest BCUT2D eigenvalue weighted by atomic mass is 16.5. The monoisotopic (exact) mass is 337 g/mol. The molecule has 0 bridgehead atoms. The van der Waals surface area contributed by atoms with Crippen LogP contribution >= 0.6 is 0 Å². The number of hydrogen-bond donors (Lipinski definition) is 2. The maximum absolute atomic E-state index is 12.1. The Morgan fingerprint density at radius 2 is 2.04 bits per heavy atom. The summed E-state index contributed by atoms with van der Waals surface area (Å²) in [5.74, 6) is 0.131. The van der Waals surface area contributed by atoms with E-state index >= 15 is 0 Å². The van der Waals surface area contributed by atoms with Crippen LogP contribution in [0, 0.1) is 0 Å². The van der Waals surface area contributed by atoms with Crippen LogP contribution in [0.15, 0.2) is 24.5 Å². The summed E-state index contributed by atoms with van der Waals surface area (Å²) in [6.45, 7) is 6.40. The molecule has 1 aromatic heterocycles. The molecule has 2 rings (SSSR count). The Kier molecular flexibility index (Phi) is 10.4. The van der Waals surface area contributed by atoms with Crippen LogP contribution in [0.1, 0.15) is 37.8 Å². The zero-order valence-corrected chi connectivity index (χ0v) is 14.2. The number of amides is 1. The lowest BCUT2D eigenvalue weighted by Crippen LogP contribution is -2.37. The van der Waals surface area contributed by atoms with E-state index in [2.05, 4.69) is 22.1 Å². The third-order valence-corrected chi connectivity index (χ3v) is 3.83. The molecule has 24 heavy (non-hydrogen) atoms. The first-order chi connectivity index (χ1) is 11.7. The predicted molar refractivity (Wildman–Crippen MR) is 90.6 cm³/mol. The van der Waals surface area contributed by atoms with Crippen LogP contribution in [0.3, 0.4) is 0 Å². The van der Waals surface area contributed by atoms with Gasteiger partial charge in [-0.3, -0.25) is 19.5 Å². The SMILES string of the molecule is CCC(NC(=O)CCCN1CCOCC1)c1ccncc1.O=CO. The summed E-state index contributed by atoms with van der Waals surface area (Å²) in [7, 11) is 0. The lowest BCUT2D eigenvalue weighted by Gasteiger charge is -2.26. The molecule has 7 heteroatoms. The van der Waals surface area contributed by atoms with Gasteiger partial charge in [0.2, 0.25) is 5.91 Å². The zero-order valence-electron chi connectivity index (χ0n) is 14.2. The Hall–Kier alpha value is -1.99. The number of hydrogen-bond acceptors (Lipinski definition) is 5. The van der Waals surface area contributed by atoms with Gasteiger partial charge in [0.25, 0.3) is 6.47 Å². The molecule has 0 spiro atoms. The quantitative estimate of drug-likeness (QED) is 0.732. The molecule has 7 nitrogen and oxygen atoms in total. The maximum Gasteiger partial charge on any atom is 0.290 e. The van der Waals surface area contributed by atoms with Crippen molar-refractivity contribution in [3.8, 4) is 0 Å². The van der Waals surface area contributed by atoms with Gasteiger partial charge in [-0.2, -0.15) is 0 Å². The number of morpholine rings is 1. The van der Waals surface area contributed by atoms with E-state index in [0.29, 0.717) is 6.42 Å². The number of carbonyl (C=O) groups excluding carboxylic acids is 1. The van der Waals surface area contributed by atoms with Gasteiger partial charge >= 0.3 is 0 Å². The van der Waals surface area contributed by atoms with E-state index in [0.717, 1.165) is 51.3 Å². The Morgan fingerprint density at radius 3 is 2.62 bits per heavy atom. The summed E-state index contributed by atoms with van der Waals surface area (Å²) in [5, 5.41) is 10.00. The maximum atomic E-state index is 12.1. The molecule has 0 aliphatic carbocycles. The lowest BCUT2D eigenvalue weighted by atomic mass is 10.1. The highest BCUT2D eigenvalue weighted by Gasteiger charge is 2.14. The number of carboxylic acid groups (broad SMARTS) is 1. The second kappa shape index (κ2) is 12.4. The van der Waals surface area contributed by atoms with E-state index in [9.17, 15) is 4.79 Å². The van der Waals surface area contributed by atoms with Gasteiger partial charge in [0.1, 0.15) is 0 Å². The highest BCUT2D eigenvalue weighted by molar-refractivity contribution is 5.76. The number of nitrogens with one attached hydrogen (secondary N) is 1. The van der Waals surface area contributed by atoms with E-state index in [1.54, 1.807) is 12.4 Å². The molecule has 1 unspecified atom stereocenters. The fraction of sp³-hybridized carbons (Fsp3) is 0.588. The minimum Gasteiger partial charge on any atom is -0.483 e. The molecule has 1 aliphatic rings. The summed E-state index contributed by atoms with van der Waals surface area (Å²) in [6.07, 6.45) is 5.90. The van der Waals surface area contributed by atoms with Crippen molar-refractivity contribution in [2.75, 3.05) is 32.8 Å². The van der Waals surface area contributed by atoms with Crippen LogP contribution in [0.2, 0.25) is 0 Å². The minimum atomic E-state index is -0.250. The number of rotatable bonds is 7. The van der Waals surface area contributed by atoms with Gasteiger partial charge in [0.15, 0.2) is 0 Å². The Labute approximate surface area is 143 Å². The van der Waals surface area contributed by atoms with Crippen LogP contribution < -0.4 is 5.32 Å². The third kappa shape index (κ3) is 8.03. The van der Waals surface area contributed by atoms with Crippen LogP contribution in [-0.4, -0.2) is 60.2 Å². The van der Waals surface area contributed by atoms with Crippen LogP contribution in [-0.2, 0) is 14.3 Å². The Morgan fingerprint density at radius 1 is 1.42 bits per heavy atom. The summed E-state index contributed by atoms with van der Waals surface area (Å²) in [5.41, 5.74) is 1.12. The Balaban J connectivity index is 0.000000891. The first-order valence-electron chi connectivity index (χ1n) is 8.28. The molecule has 0 saturated carbocycles. The lowest BCUT2D eigenvalue weighted by molar-refractivity contribution is -0.123. The number of ether oxygens (including phenoxy) is 1. The number of pyridine rings is 1. The molecule has 1 amide bonds. The first kappa shape index (κ1) is 20.1. The molecule has 1 aromatic rings. The van der Waals surface area contributed by atoms with Gasteiger partial charge in [-0.05, 0) is 37.1 Å². The first-order valence-corrected chi connectivity index (χ1v) is 8.28. The van der Waals surface area contributed by atoms with Crippen molar-refractivity contribution in [3.63, 3.8) is 0 Å². The molecule has 134 valence electrons. The fourth-order valence-corrected chi connectivity index (χ4v) is 2.57. The van der Waals surface area contributed by atoms with Crippen molar-refractivity contribution < 1.29 is 19.4 Å². The van der Waals surface area contributed by atoms with Gasteiger partial charge in [0, 0.05) is 31.9 Å². The van der Waals surface area contributed by atoms with Gasteiger partial charge in [-0.1, -0.05) is 6.92 Å². The molecule has 0 radical (unpaired) electrons. The van der Waals surface area contributed by atoms with E-state index in [1.165, 1.54) is 0 Å². The molecular formula is C17H27N3O4. The standard InChI is InChI=1S/C16H25N3O2.CH2O2/c1-2-15(14-5-7-17-8-6-14)18-16(20)4-3-9-19-10-12-21-13-11-19;2-1-3/h5-8,15H,2-4,9-13H2,1H3,(H,18,20);1H,(H,2,3). The summed E-state index contributed by atoms with van der Waals surface area (Å²) in [6, 6.07) is 4.01. The predicted octanol–water partition coefficient (Wildman–Crippen LogP) is 1.46. The summed E-state index contributed by atoms with van der Waals surface area (Å²) in [4.78, 5) is 26.8. The van der Waals surface area contributed by atoms with Crippen molar-refractivity contribution in [1.29, 1.82) is 0 Å². The number of nitrogens with zero attached hydrogens (tertiary/aromatic N) is 2. The zero-order chi connectivity index (χ0) is 17.6. The van der Waals surface area contributed by atoms with E-state index in [4.69, 9.17) is 14.6 Å². The fourth-order valence-electron chi connectivity index (χ4n) is 2.57. The van der Waals surface area contributed by atoms with Crippen molar-refractivity contribution in [3.05, 3.63) is 30.1 Å². The topological polar surface area (TPSA) is 91.8 Å². The number of carbonyl (C=O) groups is 2.